The Kier molecular flexibility index (Phi) is 7.23. The Morgan fingerprint density at radius 1 is 1.07 bits per heavy atom. The lowest BCUT2D eigenvalue weighted by molar-refractivity contribution is 0.0939. The third kappa shape index (κ3) is 5.35. The molecule has 0 bridgehead atoms. The normalized spacial score (nSPS) is 12.0. The molecule has 4 nitrogen and oxygen atoms in total. The van der Waals surface area contributed by atoms with Crippen LogP contribution in [0.3, 0.4) is 0 Å². The van der Waals surface area contributed by atoms with Crippen LogP contribution in [-0.4, -0.2) is 23.5 Å². The highest BCUT2D eigenvalue weighted by molar-refractivity contribution is 6.07. The van der Waals surface area contributed by atoms with Crippen molar-refractivity contribution < 1.29 is 9.53 Å². The highest BCUT2D eigenvalue weighted by Crippen LogP contribution is 2.26. The second kappa shape index (κ2) is 10.1. The summed E-state index contributed by atoms with van der Waals surface area (Å²) in [5, 5.41) is 4.04. The van der Waals surface area contributed by atoms with E-state index in [1.165, 1.54) is 12.8 Å². The Morgan fingerprint density at radius 3 is 2.55 bits per heavy atom. The molecule has 1 amide bonds. The first-order valence-corrected chi connectivity index (χ1v) is 10.6. The maximum absolute atomic E-state index is 13.1. The van der Waals surface area contributed by atoms with Crippen LogP contribution in [0.25, 0.3) is 22.2 Å². The number of hydrogen-bond acceptors (Lipinski definition) is 3. The molecule has 0 aliphatic heterocycles. The van der Waals surface area contributed by atoms with E-state index in [1.54, 1.807) is 0 Å². The lowest BCUT2D eigenvalue weighted by Gasteiger charge is -2.15. The molecule has 3 rings (SSSR count). The number of amides is 1. The van der Waals surface area contributed by atoms with Gasteiger partial charge in [-0.25, -0.2) is 4.98 Å². The number of unbranched alkanes of at least 4 members (excludes halogenated alkanes) is 2. The number of benzene rings is 2. The number of ether oxygens (including phenoxy) is 1. The summed E-state index contributed by atoms with van der Waals surface area (Å²) in [6, 6.07) is 17.7. The second-order valence-corrected chi connectivity index (χ2v) is 7.40. The Morgan fingerprint density at radius 2 is 1.83 bits per heavy atom. The maximum Gasteiger partial charge on any atom is 0.252 e. The summed E-state index contributed by atoms with van der Waals surface area (Å²) in [6.07, 6.45) is 4.50. The zero-order chi connectivity index (χ0) is 20.6. The van der Waals surface area contributed by atoms with Crippen molar-refractivity contribution in [2.75, 3.05) is 6.61 Å². The van der Waals surface area contributed by atoms with Crippen LogP contribution < -0.4 is 10.1 Å². The van der Waals surface area contributed by atoms with Gasteiger partial charge in [-0.3, -0.25) is 4.79 Å². The van der Waals surface area contributed by atoms with Crippen molar-refractivity contribution in [2.24, 2.45) is 0 Å². The molecule has 3 aromatic rings. The van der Waals surface area contributed by atoms with E-state index in [-0.39, 0.29) is 11.9 Å². The number of nitrogens with zero attached hydrogens (tertiary/aromatic N) is 1. The fourth-order valence-electron chi connectivity index (χ4n) is 3.47. The topological polar surface area (TPSA) is 51.2 Å². The Bertz CT molecular complexity index is 951. The molecule has 0 fully saturated rings. The highest BCUT2D eigenvalue weighted by Gasteiger charge is 2.16. The predicted molar refractivity (Wildman–Crippen MR) is 119 cm³/mol. The van der Waals surface area contributed by atoms with Gasteiger partial charge in [-0.15, -0.1) is 0 Å². The third-order valence-electron chi connectivity index (χ3n) is 5.04. The van der Waals surface area contributed by atoms with E-state index in [9.17, 15) is 4.79 Å². The lowest BCUT2D eigenvalue weighted by Crippen LogP contribution is -2.32. The number of fused-ring (bicyclic) bond motifs is 1. The Hall–Kier alpha value is -2.88. The second-order valence-electron chi connectivity index (χ2n) is 7.40. The first-order chi connectivity index (χ1) is 14.1. The molecular formula is C25H30N2O2. The molecule has 0 aliphatic carbocycles. The number of rotatable bonds is 9. The lowest BCUT2D eigenvalue weighted by atomic mass is 10.0. The van der Waals surface area contributed by atoms with Gasteiger partial charge in [0.1, 0.15) is 5.75 Å². The first-order valence-electron chi connectivity index (χ1n) is 10.6. The van der Waals surface area contributed by atoms with E-state index < -0.39 is 0 Å². The molecule has 1 aromatic heterocycles. The van der Waals surface area contributed by atoms with E-state index in [0.717, 1.165) is 40.8 Å². The number of para-hydroxylation sites is 1. The number of hydrogen-bond donors (Lipinski definition) is 1. The van der Waals surface area contributed by atoms with Crippen LogP contribution in [0.1, 0.15) is 56.8 Å². The zero-order valence-electron chi connectivity index (χ0n) is 17.6. The minimum absolute atomic E-state index is 0.0419. The van der Waals surface area contributed by atoms with Gasteiger partial charge >= 0.3 is 0 Å². The minimum atomic E-state index is -0.0419. The summed E-state index contributed by atoms with van der Waals surface area (Å²) in [5.41, 5.74) is 3.24. The van der Waals surface area contributed by atoms with Crippen LogP contribution in [0.4, 0.5) is 0 Å². The molecule has 29 heavy (non-hydrogen) atoms. The molecule has 0 radical (unpaired) electrons. The summed E-state index contributed by atoms with van der Waals surface area (Å²) in [6.45, 7) is 6.86. The van der Waals surface area contributed by atoms with Gasteiger partial charge in [0, 0.05) is 17.0 Å². The van der Waals surface area contributed by atoms with Crippen molar-refractivity contribution in [1.29, 1.82) is 0 Å². The van der Waals surface area contributed by atoms with Gasteiger partial charge in [-0.2, -0.15) is 0 Å². The molecule has 0 spiro atoms. The number of nitrogens with one attached hydrogen (secondary N) is 1. The monoisotopic (exact) mass is 390 g/mol. The van der Waals surface area contributed by atoms with E-state index in [1.807, 2.05) is 61.5 Å². The maximum atomic E-state index is 13.1. The molecule has 0 aliphatic rings. The smallest absolute Gasteiger partial charge is 0.252 e. The largest absolute Gasteiger partial charge is 0.494 e. The summed E-state index contributed by atoms with van der Waals surface area (Å²) in [7, 11) is 0. The van der Waals surface area contributed by atoms with Gasteiger partial charge < -0.3 is 10.1 Å². The molecular weight excluding hydrogens is 360 g/mol. The molecule has 0 unspecified atom stereocenters. The quantitative estimate of drug-likeness (QED) is 0.456. The number of carbonyl (C=O) groups excluding carboxylic acids is 1. The summed E-state index contributed by atoms with van der Waals surface area (Å²) < 4.78 is 5.53. The molecule has 0 saturated heterocycles. The van der Waals surface area contributed by atoms with Crippen molar-refractivity contribution >= 4 is 16.8 Å². The highest BCUT2D eigenvalue weighted by atomic mass is 16.5. The molecule has 1 N–H and O–H groups in total. The van der Waals surface area contributed by atoms with Crippen LogP contribution in [0.15, 0.2) is 54.6 Å². The fraction of sp³-hybridized carbons (Fsp3) is 0.360. The van der Waals surface area contributed by atoms with Crippen LogP contribution >= 0.6 is 0 Å². The predicted octanol–water partition coefficient (Wildman–Crippen LogP) is 6.00. The van der Waals surface area contributed by atoms with Crippen LogP contribution in [0, 0.1) is 0 Å². The average molecular weight is 391 g/mol. The van der Waals surface area contributed by atoms with Crippen molar-refractivity contribution in [3.05, 3.63) is 60.2 Å². The van der Waals surface area contributed by atoms with E-state index >= 15 is 0 Å². The van der Waals surface area contributed by atoms with Crippen LogP contribution in [0.5, 0.6) is 5.75 Å². The van der Waals surface area contributed by atoms with Crippen LogP contribution in [0.2, 0.25) is 0 Å². The Balaban J connectivity index is 1.90. The minimum Gasteiger partial charge on any atom is -0.494 e. The zero-order valence-corrected chi connectivity index (χ0v) is 17.6. The first kappa shape index (κ1) is 20.8. The van der Waals surface area contributed by atoms with Crippen molar-refractivity contribution in [3.63, 3.8) is 0 Å². The molecule has 4 heteroatoms. The van der Waals surface area contributed by atoms with Gasteiger partial charge in [0.05, 0.1) is 23.4 Å². The van der Waals surface area contributed by atoms with Gasteiger partial charge in [0.25, 0.3) is 5.91 Å². The summed E-state index contributed by atoms with van der Waals surface area (Å²) in [4.78, 5) is 17.8. The van der Waals surface area contributed by atoms with Gasteiger partial charge in [-0.05, 0) is 56.7 Å². The number of aromatic nitrogens is 1. The molecule has 0 saturated carbocycles. The Labute approximate surface area is 173 Å². The molecule has 2 aromatic carbocycles. The molecule has 152 valence electrons. The number of carbonyl (C=O) groups is 1. The standard InChI is InChI=1S/C25H30N2O2/c1-4-6-7-10-18(3)26-25(28)22-17-24(27-23-12-9-8-11-21(22)23)19-13-15-20(16-14-19)29-5-2/h8-9,11-18H,4-7,10H2,1-3H3,(H,26,28)/t18-/m0/s1. The fourth-order valence-corrected chi connectivity index (χ4v) is 3.47. The molecule has 1 heterocycles. The van der Waals surface area contributed by atoms with E-state index in [4.69, 9.17) is 9.72 Å². The molecule has 1 atom stereocenters. The van der Waals surface area contributed by atoms with Crippen molar-refractivity contribution in [2.45, 2.75) is 52.5 Å². The summed E-state index contributed by atoms with van der Waals surface area (Å²) in [5.74, 6) is 0.788. The van der Waals surface area contributed by atoms with Crippen molar-refractivity contribution in [3.8, 4) is 17.0 Å². The van der Waals surface area contributed by atoms with E-state index in [0.29, 0.717) is 12.2 Å². The van der Waals surface area contributed by atoms with Crippen molar-refractivity contribution in [1.82, 2.24) is 10.3 Å². The van der Waals surface area contributed by atoms with E-state index in [2.05, 4.69) is 19.2 Å². The van der Waals surface area contributed by atoms with Gasteiger partial charge in [0.15, 0.2) is 0 Å². The van der Waals surface area contributed by atoms with Gasteiger partial charge in [-0.1, -0.05) is 44.4 Å². The SMILES string of the molecule is CCCCC[C@H](C)NC(=O)c1cc(-c2ccc(OCC)cc2)nc2ccccc12. The third-order valence-corrected chi connectivity index (χ3v) is 5.04. The van der Waals surface area contributed by atoms with Crippen LogP contribution in [-0.2, 0) is 0 Å². The average Bonchev–Trinajstić information content (AvgIpc) is 2.74. The van der Waals surface area contributed by atoms with Gasteiger partial charge in [0.2, 0.25) is 0 Å². The number of pyridine rings is 1. The summed E-state index contributed by atoms with van der Waals surface area (Å²) >= 11 is 0.